The Bertz CT molecular complexity index is 463. The summed E-state index contributed by atoms with van der Waals surface area (Å²) < 4.78 is 0. The van der Waals surface area contributed by atoms with Gasteiger partial charge in [0.15, 0.2) is 0 Å². The summed E-state index contributed by atoms with van der Waals surface area (Å²) in [6.07, 6.45) is 1.67. The van der Waals surface area contributed by atoms with E-state index in [9.17, 15) is 9.59 Å². The number of hydrogen-bond acceptors (Lipinski definition) is 2. The van der Waals surface area contributed by atoms with Crippen LogP contribution in [0.5, 0.6) is 0 Å². The largest absolute Gasteiger partial charge is 0.480 e. The van der Waals surface area contributed by atoms with E-state index in [-0.39, 0.29) is 0 Å². The fourth-order valence-corrected chi connectivity index (χ4v) is 1.86. The zero-order valence-corrected chi connectivity index (χ0v) is 9.69. The first-order chi connectivity index (χ1) is 8.10. The lowest BCUT2D eigenvalue weighted by Gasteiger charge is -2.13. The Morgan fingerprint density at radius 3 is 2.53 bits per heavy atom. The molecule has 0 bridgehead atoms. The number of aryl methyl sites for hydroxylation is 1. The van der Waals surface area contributed by atoms with Gasteiger partial charge in [0.1, 0.15) is 5.41 Å². The fourth-order valence-electron chi connectivity index (χ4n) is 1.86. The van der Waals surface area contributed by atoms with Crippen LogP contribution in [0.1, 0.15) is 25.3 Å². The summed E-state index contributed by atoms with van der Waals surface area (Å²) >= 11 is 0. The number of hydrogen-bond donors (Lipinski definition) is 2. The first-order valence-corrected chi connectivity index (χ1v) is 5.73. The van der Waals surface area contributed by atoms with Crippen molar-refractivity contribution in [1.29, 1.82) is 0 Å². The number of amides is 1. The maximum absolute atomic E-state index is 11.9. The molecule has 1 saturated carbocycles. The van der Waals surface area contributed by atoms with Crippen LogP contribution in [0.4, 0.5) is 5.69 Å². The van der Waals surface area contributed by atoms with Gasteiger partial charge in [0.25, 0.3) is 0 Å². The number of para-hydroxylation sites is 1. The Morgan fingerprint density at radius 1 is 1.35 bits per heavy atom. The molecule has 0 aromatic heterocycles. The molecule has 0 radical (unpaired) electrons. The Morgan fingerprint density at radius 2 is 2.00 bits per heavy atom. The van der Waals surface area contributed by atoms with Crippen LogP contribution in [0.2, 0.25) is 0 Å². The zero-order valence-electron chi connectivity index (χ0n) is 9.69. The molecule has 1 aliphatic rings. The smallest absolute Gasteiger partial charge is 0.319 e. The highest BCUT2D eigenvalue weighted by molar-refractivity contribution is 6.11. The second kappa shape index (κ2) is 4.20. The summed E-state index contributed by atoms with van der Waals surface area (Å²) in [5, 5.41) is 11.7. The second-order valence-electron chi connectivity index (χ2n) is 4.35. The van der Waals surface area contributed by atoms with Crippen molar-refractivity contribution in [3.63, 3.8) is 0 Å². The van der Waals surface area contributed by atoms with Gasteiger partial charge in [-0.25, -0.2) is 0 Å². The summed E-state index contributed by atoms with van der Waals surface area (Å²) in [6, 6.07) is 7.46. The average molecular weight is 233 g/mol. The molecular formula is C13H15NO3. The lowest BCUT2D eigenvalue weighted by molar-refractivity contribution is -0.147. The highest BCUT2D eigenvalue weighted by atomic mass is 16.4. The van der Waals surface area contributed by atoms with Gasteiger partial charge in [-0.05, 0) is 30.9 Å². The lowest BCUT2D eigenvalue weighted by Crippen LogP contribution is -2.31. The monoisotopic (exact) mass is 233 g/mol. The van der Waals surface area contributed by atoms with E-state index in [0.717, 1.165) is 12.0 Å². The maximum atomic E-state index is 11.9. The number of aliphatic carboxylic acids is 1. The SMILES string of the molecule is CCc1ccccc1NC(=O)C1(C(=O)O)CC1. The third kappa shape index (κ3) is 2.02. The number of rotatable bonds is 4. The van der Waals surface area contributed by atoms with Gasteiger partial charge >= 0.3 is 5.97 Å². The second-order valence-corrected chi connectivity index (χ2v) is 4.35. The molecule has 1 aromatic carbocycles. The summed E-state index contributed by atoms with van der Waals surface area (Å²) in [5.41, 5.74) is 0.551. The van der Waals surface area contributed by atoms with Crippen LogP contribution in [-0.4, -0.2) is 17.0 Å². The molecule has 0 unspecified atom stereocenters. The Labute approximate surface area is 99.6 Å². The van der Waals surface area contributed by atoms with Crippen LogP contribution in [-0.2, 0) is 16.0 Å². The van der Waals surface area contributed by atoms with Crippen molar-refractivity contribution in [1.82, 2.24) is 0 Å². The van der Waals surface area contributed by atoms with Gasteiger partial charge in [0.05, 0.1) is 0 Å². The van der Waals surface area contributed by atoms with Crippen molar-refractivity contribution in [3.05, 3.63) is 29.8 Å². The van der Waals surface area contributed by atoms with Crippen LogP contribution in [0.3, 0.4) is 0 Å². The minimum Gasteiger partial charge on any atom is -0.480 e. The van der Waals surface area contributed by atoms with Gasteiger partial charge in [-0.15, -0.1) is 0 Å². The topological polar surface area (TPSA) is 66.4 Å². The van der Waals surface area contributed by atoms with E-state index in [1.807, 2.05) is 25.1 Å². The molecule has 1 aromatic rings. The maximum Gasteiger partial charge on any atom is 0.319 e. The van der Waals surface area contributed by atoms with Crippen LogP contribution in [0, 0.1) is 5.41 Å². The molecule has 0 atom stereocenters. The molecule has 4 heteroatoms. The van der Waals surface area contributed by atoms with E-state index in [1.54, 1.807) is 6.07 Å². The predicted molar refractivity (Wildman–Crippen MR) is 63.8 cm³/mol. The normalized spacial score (nSPS) is 16.3. The van der Waals surface area contributed by atoms with E-state index < -0.39 is 17.3 Å². The molecule has 1 aliphatic carbocycles. The van der Waals surface area contributed by atoms with Crippen molar-refractivity contribution in [3.8, 4) is 0 Å². The van der Waals surface area contributed by atoms with Gasteiger partial charge in [-0.1, -0.05) is 25.1 Å². The van der Waals surface area contributed by atoms with E-state index in [0.29, 0.717) is 18.5 Å². The van der Waals surface area contributed by atoms with Crippen molar-refractivity contribution in [2.45, 2.75) is 26.2 Å². The molecule has 4 nitrogen and oxygen atoms in total. The molecule has 2 N–H and O–H groups in total. The Hall–Kier alpha value is -1.84. The van der Waals surface area contributed by atoms with Gasteiger partial charge in [-0.2, -0.15) is 0 Å². The van der Waals surface area contributed by atoms with Crippen LogP contribution >= 0.6 is 0 Å². The summed E-state index contributed by atoms with van der Waals surface area (Å²) in [6.45, 7) is 2.00. The number of benzene rings is 1. The molecule has 0 heterocycles. The number of anilines is 1. The first kappa shape index (κ1) is 11.6. The zero-order chi connectivity index (χ0) is 12.5. The van der Waals surface area contributed by atoms with Crippen LogP contribution < -0.4 is 5.32 Å². The summed E-state index contributed by atoms with van der Waals surface area (Å²) in [4.78, 5) is 22.9. The van der Waals surface area contributed by atoms with Crippen molar-refractivity contribution in [2.24, 2.45) is 5.41 Å². The highest BCUT2D eigenvalue weighted by Crippen LogP contribution is 2.46. The standard InChI is InChI=1S/C13H15NO3/c1-2-9-5-3-4-6-10(9)14-11(15)13(7-8-13)12(16)17/h3-6H,2,7-8H2,1H3,(H,14,15)(H,16,17). The molecule has 17 heavy (non-hydrogen) atoms. The number of carboxylic acids is 1. The molecular weight excluding hydrogens is 218 g/mol. The van der Waals surface area contributed by atoms with Crippen LogP contribution in [0.25, 0.3) is 0 Å². The molecule has 0 saturated heterocycles. The molecule has 2 rings (SSSR count). The van der Waals surface area contributed by atoms with E-state index in [1.165, 1.54) is 0 Å². The van der Waals surface area contributed by atoms with E-state index >= 15 is 0 Å². The highest BCUT2D eigenvalue weighted by Gasteiger charge is 2.57. The van der Waals surface area contributed by atoms with E-state index in [2.05, 4.69) is 5.32 Å². The van der Waals surface area contributed by atoms with Crippen LogP contribution in [0.15, 0.2) is 24.3 Å². The minimum absolute atomic E-state index is 0.397. The third-order valence-corrected chi connectivity index (χ3v) is 3.24. The Kier molecular flexibility index (Phi) is 2.88. The lowest BCUT2D eigenvalue weighted by atomic mass is 10.1. The number of carbonyl (C=O) groups is 2. The average Bonchev–Trinajstić information content (AvgIpc) is 3.10. The summed E-state index contributed by atoms with van der Waals surface area (Å²) in [5.74, 6) is -1.42. The first-order valence-electron chi connectivity index (χ1n) is 5.73. The van der Waals surface area contributed by atoms with Gasteiger partial charge in [0, 0.05) is 5.69 Å². The van der Waals surface area contributed by atoms with Gasteiger partial charge in [0.2, 0.25) is 5.91 Å². The fraction of sp³-hybridized carbons (Fsp3) is 0.385. The van der Waals surface area contributed by atoms with E-state index in [4.69, 9.17) is 5.11 Å². The quantitative estimate of drug-likeness (QED) is 0.782. The summed E-state index contributed by atoms with van der Waals surface area (Å²) in [7, 11) is 0. The number of nitrogens with one attached hydrogen (secondary N) is 1. The van der Waals surface area contributed by atoms with Gasteiger partial charge in [-0.3, -0.25) is 9.59 Å². The third-order valence-electron chi connectivity index (χ3n) is 3.24. The minimum atomic E-state index is -1.18. The van der Waals surface area contributed by atoms with Crippen molar-refractivity contribution < 1.29 is 14.7 Å². The molecule has 1 amide bonds. The predicted octanol–water partition coefficient (Wildman–Crippen LogP) is 2.05. The number of carboxylic acid groups (broad SMARTS) is 1. The van der Waals surface area contributed by atoms with Crippen molar-refractivity contribution >= 4 is 17.6 Å². The Balaban J connectivity index is 2.16. The van der Waals surface area contributed by atoms with Gasteiger partial charge < -0.3 is 10.4 Å². The molecule has 0 spiro atoms. The molecule has 0 aliphatic heterocycles. The number of carbonyl (C=O) groups excluding carboxylic acids is 1. The molecule has 90 valence electrons. The molecule has 1 fully saturated rings. The van der Waals surface area contributed by atoms with Crippen molar-refractivity contribution in [2.75, 3.05) is 5.32 Å².